The molecule has 0 radical (unpaired) electrons. The fourth-order valence-corrected chi connectivity index (χ4v) is 2.57. The second-order valence-electron chi connectivity index (χ2n) is 4.03. The molecule has 0 aromatic carbocycles. The highest BCUT2D eigenvalue weighted by Gasteiger charge is 2.34. The Labute approximate surface area is 78.8 Å². The van der Waals surface area contributed by atoms with E-state index in [1.54, 1.807) is 5.57 Å². The quantitative estimate of drug-likeness (QED) is 0.548. The van der Waals surface area contributed by atoms with Crippen molar-refractivity contribution in [2.75, 3.05) is 0 Å². The lowest BCUT2D eigenvalue weighted by Crippen LogP contribution is -2.15. The zero-order chi connectivity index (χ0) is 8.67. The summed E-state index contributed by atoms with van der Waals surface area (Å²) in [6.07, 6.45) is 14.1. The minimum Gasteiger partial charge on any atom is -0.490 e. The molecule has 2 aliphatic carbocycles. The Morgan fingerprint density at radius 3 is 2.92 bits per heavy atom. The molecule has 3 rings (SSSR count). The molecule has 0 spiro atoms. The van der Waals surface area contributed by atoms with E-state index in [9.17, 15) is 0 Å². The molecule has 0 amide bonds. The lowest BCUT2D eigenvalue weighted by molar-refractivity contribution is 0.157. The van der Waals surface area contributed by atoms with Crippen LogP contribution in [0.1, 0.15) is 25.7 Å². The van der Waals surface area contributed by atoms with Crippen molar-refractivity contribution in [3.05, 3.63) is 35.6 Å². The third-order valence-corrected chi connectivity index (χ3v) is 3.22. The summed E-state index contributed by atoms with van der Waals surface area (Å²) in [5, 5.41) is 0. The summed E-state index contributed by atoms with van der Waals surface area (Å²) in [4.78, 5) is 0. The second kappa shape index (κ2) is 2.76. The van der Waals surface area contributed by atoms with Crippen molar-refractivity contribution in [1.82, 2.24) is 0 Å². The highest BCUT2D eigenvalue weighted by molar-refractivity contribution is 5.32. The first-order chi connectivity index (χ1) is 6.45. The largest absolute Gasteiger partial charge is 0.490 e. The number of ether oxygens (including phenoxy) is 1. The van der Waals surface area contributed by atoms with Gasteiger partial charge in [-0.15, -0.1) is 0 Å². The molecule has 2 atom stereocenters. The first-order valence-corrected chi connectivity index (χ1v) is 5.19. The van der Waals surface area contributed by atoms with Crippen LogP contribution in [-0.4, -0.2) is 6.10 Å². The van der Waals surface area contributed by atoms with Gasteiger partial charge in [0.1, 0.15) is 6.10 Å². The maximum absolute atomic E-state index is 5.91. The van der Waals surface area contributed by atoms with Gasteiger partial charge >= 0.3 is 0 Å². The predicted molar refractivity (Wildman–Crippen MR) is 52.1 cm³/mol. The topological polar surface area (TPSA) is 9.23 Å². The van der Waals surface area contributed by atoms with Gasteiger partial charge < -0.3 is 4.74 Å². The van der Waals surface area contributed by atoms with Gasteiger partial charge in [-0.1, -0.05) is 18.2 Å². The molecule has 2 unspecified atom stereocenters. The summed E-state index contributed by atoms with van der Waals surface area (Å²) in [6.45, 7) is 0. The molecule has 1 nitrogen and oxygen atoms in total. The third kappa shape index (κ3) is 1.06. The fraction of sp³-hybridized carbons (Fsp3) is 0.500. The van der Waals surface area contributed by atoms with Crippen LogP contribution < -0.4 is 0 Å². The van der Waals surface area contributed by atoms with Gasteiger partial charge in [-0.25, -0.2) is 0 Å². The van der Waals surface area contributed by atoms with Crippen molar-refractivity contribution in [2.24, 2.45) is 5.92 Å². The molecule has 0 aromatic heterocycles. The number of rotatable bonds is 0. The molecule has 1 aliphatic heterocycles. The standard InChI is InChI=1S/C12H14O/c1-3-7-11-9(5-1)10-6-2-4-8-12(10)13-11/h1,3,5,7,9,11H,2,4,6,8H2. The SMILES string of the molecule is C1=CC2OC3=C(CCCC3)C2C=C1. The van der Waals surface area contributed by atoms with E-state index in [-0.39, 0.29) is 0 Å². The van der Waals surface area contributed by atoms with Crippen molar-refractivity contribution in [3.8, 4) is 0 Å². The first kappa shape index (κ1) is 7.43. The lowest BCUT2D eigenvalue weighted by atomic mass is 9.85. The van der Waals surface area contributed by atoms with E-state index in [1.807, 2.05) is 0 Å². The van der Waals surface area contributed by atoms with Crippen LogP contribution in [0.15, 0.2) is 35.6 Å². The zero-order valence-electron chi connectivity index (χ0n) is 7.70. The molecule has 0 N–H and O–H groups in total. The van der Waals surface area contributed by atoms with Gasteiger partial charge in [0.05, 0.1) is 5.76 Å². The van der Waals surface area contributed by atoms with E-state index in [4.69, 9.17) is 4.74 Å². The van der Waals surface area contributed by atoms with Crippen molar-refractivity contribution in [3.63, 3.8) is 0 Å². The van der Waals surface area contributed by atoms with Crippen LogP contribution in [0, 0.1) is 5.92 Å². The maximum Gasteiger partial charge on any atom is 0.127 e. The van der Waals surface area contributed by atoms with E-state index in [1.165, 1.54) is 31.4 Å². The first-order valence-electron chi connectivity index (χ1n) is 5.19. The van der Waals surface area contributed by atoms with Gasteiger partial charge in [0.15, 0.2) is 0 Å². The third-order valence-electron chi connectivity index (χ3n) is 3.22. The van der Waals surface area contributed by atoms with Gasteiger partial charge in [0.25, 0.3) is 0 Å². The highest BCUT2D eigenvalue weighted by atomic mass is 16.5. The van der Waals surface area contributed by atoms with Crippen LogP contribution in [0.2, 0.25) is 0 Å². The Hall–Kier alpha value is -0.980. The number of allylic oxidation sites excluding steroid dienone is 3. The summed E-state index contributed by atoms with van der Waals surface area (Å²) in [5.41, 5.74) is 1.58. The Morgan fingerprint density at radius 1 is 1.08 bits per heavy atom. The van der Waals surface area contributed by atoms with Crippen LogP contribution in [-0.2, 0) is 4.74 Å². The van der Waals surface area contributed by atoms with Gasteiger partial charge in [0.2, 0.25) is 0 Å². The van der Waals surface area contributed by atoms with Gasteiger partial charge in [-0.3, -0.25) is 0 Å². The molecule has 13 heavy (non-hydrogen) atoms. The van der Waals surface area contributed by atoms with E-state index in [0.717, 1.165) is 0 Å². The zero-order valence-corrected chi connectivity index (χ0v) is 7.70. The van der Waals surface area contributed by atoms with E-state index < -0.39 is 0 Å². The minimum absolute atomic E-state index is 0.327. The molecule has 0 saturated carbocycles. The molecule has 1 heterocycles. The molecular weight excluding hydrogens is 160 g/mol. The normalized spacial score (nSPS) is 35.7. The minimum atomic E-state index is 0.327. The smallest absolute Gasteiger partial charge is 0.127 e. The second-order valence-corrected chi connectivity index (χ2v) is 4.03. The molecule has 0 fully saturated rings. The van der Waals surface area contributed by atoms with E-state index in [2.05, 4.69) is 24.3 Å². The van der Waals surface area contributed by atoms with Crippen LogP contribution in [0.5, 0.6) is 0 Å². The van der Waals surface area contributed by atoms with Crippen molar-refractivity contribution < 1.29 is 4.74 Å². The number of hydrogen-bond donors (Lipinski definition) is 0. The molecule has 68 valence electrons. The van der Waals surface area contributed by atoms with Gasteiger partial charge in [0, 0.05) is 12.3 Å². The summed E-state index contributed by atoms with van der Waals surface area (Å²) in [7, 11) is 0. The van der Waals surface area contributed by atoms with Crippen molar-refractivity contribution in [1.29, 1.82) is 0 Å². The number of hydrogen-bond acceptors (Lipinski definition) is 1. The summed E-state index contributed by atoms with van der Waals surface area (Å²) in [6, 6.07) is 0. The average molecular weight is 174 g/mol. The highest BCUT2D eigenvalue weighted by Crippen LogP contribution is 2.42. The molecule has 3 aliphatic rings. The van der Waals surface area contributed by atoms with Crippen LogP contribution in [0.3, 0.4) is 0 Å². The van der Waals surface area contributed by atoms with Crippen molar-refractivity contribution in [2.45, 2.75) is 31.8 Å². The average Bonchev–Trinajstić information content (AvgIpc) is 2.56. The fourth-order valence-electron chi connectivity index (χ4n) is 2.57. The lowest BCUT2D eigenvalue weighted by Gasteiger charge is -2.16. The molecule has 0 aromatic rings. The van der Waals surface area contributed by atoms with Crippen LogP contribution in [0.4, 0.5) is 0 Å². The molecule has 0 saturated heterocycles. The predicted octanol–water partition coefficient (Wildman–Crippen LogP) is 2.96. The Morgan fingerprint density at radius 2 is 1.92 bits per heavy atom. The summed E-state index contributed by atoms with van der Waals surface area (Å²) in [5.74, 6) is 1.87. The summed E-state index contributed by atoms with van der Waals surface area (Å²) < 4.78 is 5.91. The van der Waals surface area contributed by atoms with Crippen molar-refractivity contribution >= 4 is 0 Å². The van der Waals surface area contributed by atoms with Crippen LogP contribution >= 0.6 is 0 Å². The Bertz CT molecular complexity index is 309. The Kier molecular flexibility index (Phi) is 1.58. The van der Waals surface area contributed by atoms with Crippen LogP contribution in [0.25, 0.3) is 0 Å². The van der Waals surface area contributed by atoms with E-state index >= 15 is 0 Å². The molecule has 0 bridgehead atoms. The molecular formula is C12H14O. The Balaban J connectivity index is 1.95. The number of fused-ring (bicyclic) bond motifs is 2. The van der Waals surface area contributed by atoms with E-state index in [0.29, 0.717) is 12.0 Å². The molecule has 1 heteroatoms. The maximum atomic E-state index is 5.91. The van der Waals surface area contributed by atoms with Gasteiger partial charge in [-0.05, 0) is 30.9 Å². The monoisotopic (exact) mass is 174 g/mol. The summed E-state index contributed by atoms with van der Waals surface area (Å²) >= 11 is 0. The van der Waals surface area contributed by atoms with Gasteiger partial charge in [-0.2, -0.15) is 0 Å².